The Kier molecular flexibility index (Phi) is 2.81. The van der Waals surface area contributed by atoms with Crippen molar-refractivity contribution >= 4 is 11.7 Å². The fourth-order valence-electron chi connectivity index (χ4n) is 2.53. The first-order chi connectivity index (χ1) is 6.22. The van der Waals surface area contributed by atoms with E-state index in [1.807, 2.05) is 0 Å². The second kappa shape index (κ2) is 3.42. The number of amides is 1. The first kappa shape index (κ1) is 12.3. The molecule has 1 radical (unpaired) electrons. The van der Waals surface area contributed by atoms with E-state index in [1.165, 1.54) is 0 Å². The number of fused-ring (bicyclic) bond motifs is 4. The van der Waals surface area contributed by atoms with Gasteiger partial charge in [-0.3, -0.25) is 4.79 Å². The number of rotatable bonds is 0. The van der Waals surface area contributed by atoms with E-state index in [0.717, 1.165) is 0 Å². The van der Waals surface area contributed by atoms with E-state index in [1.54, 1.807) is 0 Å². The summed E-state index contributed by atoms with van der Waals surface area (Å²) in [6, 6.07) is 0. The SMILES string of the molecule is O=C1CC2([N-]1)[C@@H]1O[C@@H]1C(=O)[C@@H]1O[C@@H]12.[W].[Y]. The van der Waals surface area contributed by atoms with Crippen molar-refractivity contribution in [3.63, 3.8) is 0 Å². The summed E-state index contributed by atoms with van der Waals surface area (Å²) in [6.07, 6.45) is -0.605. The molecule has 0 aromatic carbocycles. The fourth-order valence-corrected chi connectivity index (χ4v) is 2.53. The number of carbonyl (C=O) groups excluding carboxylic acids is 2. The number of epoxide rings is 2. The van der Waals surface area contributed by atoms with Crippen molar-refractivity contribution in [3.8, 4) is 0 Å². The monoisotopic (exact) mass is 453 g/mol. The number of nitrogens with zero attached hydrogens (tertiary/aromatic N) is 1. The molecular weight excluding hydrogens is 447 g/mol. The summed E-state index contributed by atoms with van der Waals surface area (Å²) in [4.78, 5) is 22.2. The molecule has 1 aliphatic carbocycles. The van der Waals surface area contributed by atoms with Gasteiger partial charge in [0.2, 0.25) is 0 Å². The maximum Gasteiger partial charge on any atom is 0.195 e. The minimum absolute atomic E-state index is 0. The number of ketones is 1. The van der Waals surface area contributed by atoms with Gasteiger partial charge in [0.25, 0.3) is 0 Å². The van der Waals surface area contributed by atoms with Crippen LogP contribution in [0.1, 0.15) is 6.42 Å². The molecule has 1 saturated carbocycles. The molecule has 7 heteroatoms. The Balaban J connectivity index is 0.000000427. The molecule has 3 saturated heterocycles. The average Bonchev–Trinajstić information content (AvgIpc) is 2.87. The molecule has 5 nitrogen and oxygen atoms in total. The van der Waals surface area contributed by atoms with Crippen LogP contribution in [0.15, 0.2) is 0 Å². The number of hydrogen-bond donors (Lipinski definition) is 0. The molecule has 0 aromatic rings. The van der Waals surface area contributed by atoms with Gasteiger partial charge in [0.1, 0.15) is 12.2 Å². The maximum absolute atomic E-state index is 11.3. The molecule has 15 heavy (non-hydrogen) atoms. The van der Waals surface area contributed by atoms with Crippen LogP contribution >= 0.6 is 0 Å². The van der Waals surface area contributed by atoms with Gasteiger partial charge in [0, 0.05) is 53.8 Å². The van der Waals surface area contributed by atoms with Crippen LogP contribution in [-0.4, -0.2) is 41.6 Å². The van der Waals surface area contributed by atoms with Crippen molar-refractivity contribution in [2.24, 2.45) is 0 Å². The number of ether oxygens (including phenoxy) is 2. The molecule has 3 aliphatic heterocycles. The molecule has 5 atom stereocenters. The Labute approximate surface area is 125 Å². The molecule has 4 rings (SSSR count). The van der Waals surface area contributed by atoms with Crippen LogP contribution < -0.4 is 0 Å². The van der Waals surface area contributed by atoms with Crippen molar-refractivity contribution in [2.45, 2.75) is 36.4 Å². The molecule has 4 fully saturated rings. The number of β-lactam (4-membered cyclic amide) rings is 1. The molecule has 1 spiro atoms. The van der Waals surface area contributed by atoms with Crippen LogP contribution in [0.2, 0.25) is 0 Å². The molecule has 0 N–H and O–H groups in total. The van der Waals surface area contributed by atoms with Gasteiger partial charge in [0.15, 0.2) is 5.78 Å². The topological polar surface area (TPSA) is 73.3 Å². The first-order valence-electron chi connectivity index (χ1n) is 4.33. The number of Topliss-reactive ketones (excluding diaryl/α,β-unsaturated/α-hetero) is 1. The van der Waals surface area contributed by atoms with Crippen LogP contribution in [0, 0.1) is 0 Å². The Hall–Kier alpha value is 0.852. The van der Waals surface area contributed by atoms with E-state index in [9.17, 15) is 9.59 Å². The Morgan fingerprint density at radius 1 is 1.20 bits per heavy atom. The summed E-state index contributed by atoms with van der Waals surface area (Å²) in [5, 5.41) is 3.95. The number of hydrogen-bond acceptors (Lipinski definition) is 4. The van der Waals surface area contributed by atoms with Gasteiger partial charge in [-0.1, -0.05) is 0 Å². The van der Waals surface area contributed by atoms with Gasteiger partial charge in [-0.25, -0.2) is 0 Å². The zero-order chi connectivity index (χ0) is 8.79. The summed E-state index contributed by atoms with van der Waals surface area (Å²) in [7, 11) is 0. The standard InChI is InChI=1S/C8H7NO4.W.Y/c10-2-1-8(9-2)6-4(12-6)3(11)5-7(8)13-5;;/h4-7H,1H2,(H,9,10);;/p-1/t4-,5+,6-,7+,8?;;. The van der Waals surface area contributed by atoms with E-state index < -0.39 is 5.54 Å². The molecule has 1 amide bonds. The van der Waals surface area contributed by atoms with Crippen molar-refractivity contribution in [2.75, 3.05) is 0 Å². The van der Waals surface area contributed by atoms with E-state index in [-0.39, 0.29) is 89.9 Å². The molecule has 1 unspecified atom stereocenters. The van der Waals surface area contributed by atoms with Crippen LogP contribution in [0.3, 0.4) is 0 Å². The summed E-state index contributed by atoms with van der Waals surface area (Å²) in [5.41, 5.74) is -0.472. The van der Waals surface area contributed by atoms with Crippen molar-refractivity contribution in [1.82, 2.24) is 0 Å². The van der Waals surface area contributed by atoms with Gasteiger partial charge in [-0.05, 0) is 12.0 Å². The molecular formula is C8H6NO4WY-. The summed E-state index contributed by atoms with van der Waals surface area (Å²) >= 11 is 0. The maximum atomic E-state index is 11.3. The summed E-state index contributed by atoms with van der Waals surface area (Å²) in [5.74, 6) is -0.0620. The molecule has 0 bridgehead atoms. The minimum Gasteiger partial charge on any atom is -0.644 e. The van der Waals surface area contributed by atoms with Crippen LogP contribution in [0.5, 0.6) is 0 Å². The summed E-state index contributed by atoms with van der Waals surface area (Å²) in [6.45, 7) is 0. The Morgan fingerprint density at radius 3 is 2.07 bits per heavy atom. The zero-order valence-corrected chi connectivity index (χ0v) is 13.4. The smallest absolute Gasteiger partial charge is 0.195 e. The van der Waals surface area contributed by atoms with Gasteiger partial charge >= 0.3 is 0 Å². The second-order valence-electron chi connectivity index (χ2n) is 4.03. The predicted molar refractivity (Wildman–Crippen MR) is 38.0 cm³/mol. The molecule has 0 aromatic heterocycles. The predicted octanol–water partition coefficient (Wildman–Crippen LogP) is -0.858. The third-order valence-electron chi connectivity index (χ3n) is 3.30. The fraction of sp³-hybridized carbons (Fsp3) is 0.750. The first-order valence-corrected chi connectivity index (χ1v) is 4.33. The second-order valence-corrected chi connectivity index (χ2v) is 4.03. The largest absolute Gasteiger partial charge is 0.644 e. The third kappa shape index (κ3) is 1.34. The van der Waals surface area contributed by atoms with Crippen molar-refractivity contribution in [3.05, 3.63) is 5.32 Å². The van der Waals surface area contributed by atoms with Crippen LogP contribution in [0.4, 0.5) is 0 Å². The van der Waals surface area contributed by atoms with Crippen LogP contribution in [-0.2, 0) is 72.8 Å². The zero-order valence-electron chi connectivity index (χ0n) is 7.58. The molecule has 4 aliphatic rings. The van der Waals surface area contributed by atoms with Crippen LogP contribution in [0.25, 0.3) is 5.32 Å². The van der Waals surface area contributed by atoms with Gasteiger partial charge in [-0.15, -0.1) is 0 Å². The van der Waals surface area contributed by atoms with Gasteiger partial charge < -0.3 is 19.6 Å². The van der Waals surface area contributed by atoms with E-state index in [0.29, 0.717) is 6.42 Å². The molecule has 3 heterocycles. The van der Waals surface area contributed by atoms with Crippen molar-refractivity contribution in [1.29, 1.82) is 0 Å². The minimum atomic E-state index is -0.472. The van der Waals surface area contributed by atoms with Gasteiger partial charge in [0.05, 0.1) is 18.1 Å². The normalized spacial score (nSPS) is 52.5. The molecule has 77 valence electrons. The third-order valence-corrected chi connectivity index (χ3v) is 3.30. The van der Waals surface area contributed by atoms with Crippen molar-refractivity contribution < 1.29 is 72.8 Å². The number of carbonyl (C=O) groups is 2. The average molecular weight is 453 g/mol. The van der Waals surface area contributed by atoms with Gasteiger partial charge in [-0.2, -0.15) is 0 Å². The Morgan fingerprint density at radius 2 is 1.67 bits per heavy atom. The van der Waals surface area contributed by atoms with E-state index >= 15 is 0 Å². The van der Waals surface area contributed by atoms with E-state index in [4.69, 9.17) is 9.47 Å². The summed E-state index contributed by atoms with van der Waals surface area (Å²) < 4.78 is 10.4. The Bertz CT molecular complexity index is 333. The quantitative estimate of drug-likeness (QED) is 0.354. The van der Waals surface area contributed by atoms with E-state index in [2.05, 4.69) is 5.32 Å².